The number of thiophene rings is 1. The molecule has 0 spiro atoms. The molecule has 0 aliphatic heterocycles. The summed E-state index contributed by atoms with van der Waals surface area (Å²) in [5.41, 5.74) is 0.135. The average Bonchev–Trinajstić information content (AvgIpc) is 2.95. The minimum atomic E-state index is -0.670. The van der Waals surface area contributed by atoms with Gasteiger partial charge in [0.15, 0.2) is 12.4 Å². The Morgan fingerprint density at radius 3 is 2.57 bits per heavy atom. The molecule has 3 rings (SSSR count). The summed E-state index contributed by atoms with van der Waals surface area (Å²) in [7, 11) is 0. The summed E-state index contributed by atoms with van der Waals surface area (Å²) in [6.07, 6.45) is 0. The van der Waals surface area contributed by atoms with Crippen LogP contribution in [0.1, 0.15) is 20.0 Å². The molecule has 0 saturated heterocycles. The fourth-order valence-electron chi connectivity index (χ4n) is 2.06. The number of ketones is 1. The number of esters is 1. The van der Waals surface area contributed by atoms with Crippen molar-refractivity contribution in [2.45, 2.75) is 0 Å². The van der Waals surface area contributed by atoms with Crippen LogP contribution in [0.3, 0.4) is 0 Å². The first-order valence-corrected chi connectivity index (χ1v) is 7.49. The van der Waals surface area contributed by atoms with E-state index in [1.165, 1.54) is 36.4 Å². The number of fused-ring (bicyclic) bond motifs is 1. The molecule has 23 heavy (non-hydrogen) atoms. The van der Waals surface area contributed by atoms with Gasteiger partial charge in [0.05, 0.1) is 0 Å². The lowest BCUT2D eigenvalue weighted by atomic mass is 10.1. The first kappa shape index (κ1) is 15.3. The second-order valence-corrected chi connectivity index (χ2v) is 5.89. The molecule has 0 fully saturated rings. The first-order chi connectivity index (χ1) is 11.0. The van der Waals surface area contributed by atoms with Gasteiger partial charge in [-0.15, -0.1) is 11.3 Å². The topological polar surface area (TPSA) is 43.4 Å². The highest BCUT2D eigenvalue weighted by Gasteiger charge is 2.15. The van der Waals surface area contributed by atoms with Crippen LogP contribution in [0.15, 0.2) is 48.5 Å². The second-order valence-electron chi connectivity index (χ2n) is 4.80. The molecule has 116 valence electrons. The molecule has 0 bridgehead atoms. The standard InChI is InChI=1S/C17H10F2O3S/c18-12-3-1-2-10(6-12)14(20)9-22-17(21)16-8-11-7-13(19)4-5-15(11)23-16/h1-8H,9H2. The van der Waals surface area contributed by atoms with Crippen molar-refractivity contribution in [1.82, 2.24) is 0 Å². The Morgan fingerprint density at radius 1 is 1.00 bits per heavy atom. The lowest BCUT2D eigenvalue weighted by molar-refractivity contribution is 0.0479. The van der Waals surface area contributed by atoms with Crippen molar-refractivity contribution in [3.05, 3.63) is 70.6 Å². The van der Waals surface area contributed by atoms with E-state index < -0.39 is 30.0 Å². The fourth-order valence-corrected chi connectivity index (χ4v) is 3.00. The predicted molar refractivity (Wildman–Crippen MR) is 82.8 cm³/mol. The fraction of sp³-hybridized carbons (Fsp3) is 0.0588. The minimum absolute atomic E-state index is 0.135. The Hall–Kier alpha value is -2.60. The molecule has 0 atom stereocenters. The molecule has 0 aliphatic carbocycles. The molecular formula is C17H10F2O3S. The lowest BCUT2D eigenvalue weighted by Gasteiger charge is -2.03. The molecular weight excluding hydrogens is 322 g/mol. The van der Waals surface area contributed by atoms with E-state index in [4.69, 9.17) is 4.74 Å². The summed E-state index contributed by atoms with van der Waals surface area (Å²) in [6, 6.07) is 10.9. The summed E-state index contributed by atoms with van der Waals surface area (Å²) in [6.45, 7) is -0.481. The van der Waals surface area contributed by atoms with Crippen LogP contribution >= 0.6 is 11.3 Å². The first-order valence-electron chi connectivity index (χ1n) is 6.68. The van der Waals surface area contributed by atoms with E-state index in [1.807, 2.05) is 0 Å². The Kier molecular flexibility index (Phi) is 4.16. The van der Waals surface area contributed by atoms with Gasteiger partial charge in [0.1, 0.15) is 16.5 Å². The van der Waals surface area contributed by atoms with Crippen molar-refractivity contribution in [1.29, 1.82) is 0 Å². The van der Waals surface area contributed by atoms with Crippen LogP contribution < -0.4 is 0 Å². The van der Waals surface area contributed by atoms with Crippen molar-refractivity contribution in [2.75, 3.05) is 6.61 Å². The van der Waals surface area contributed by atoms with Gasteiger partial charge in [-0.3, -0.25) is 4.79 Å². The highest BCUT2D eigenvalue weighted by Crippen LogP contribution is 2.26. The summed E-state index contributed by atoms with van der Waals surface area (Å²) >= 11 is 1.15. The third-order valence-corrected chi connectivity index (χ3v) is 4.26. The van der Waals surface area contributed by atoms with Crippen LogP contribution in [0.25, 0.3) is 10.1 Å². The molecule has 3 nitrogen and oxygen atoms in total. The minimum Gasteiger partial charge on any atom is -0.453 e. The van der Waals surface area contributed by atoms with E-state index in [-0.39, 0.29) is 10.4 Å². The van der Waals surface area contributed by atoms with Gasteiger partial charge in [-0.2, -0.15) is 0 Å². The normalized spacial score (nSPS) is 10.7. The van der Waals surface area contributed by atoms with Crippen LogP contribution in [0, 0.1) is 11.6 Å². The molecule has 0 amide bonds. The maximum absolute atomic E-state index is 13.1. The number of carbonyl (C=O) groups is 2. The Balaban J connectivity index is 1.69. The van der Waals surface area contributed by atoms with Gasteiger partial charge < -0.3 is 4.74 Å². The molecule has 1 heterocycles. The maximum atomic E-state index is 13.1. The van der Waals surface area contributed by atoms with Gasteiger partial charge in [0.2, 0.25) is 0 Å². The average molecular weight is 332 g/mol. The van der Waals surface area contributed by atoms with Crippen LogP contribution in [0.5, 0.6) is 0 Å². The smallest absolute Gasteiger partial charge is 0.348 e. The zero-order chi connectivity index (χ0) is 16.4. The second kappa shape index (κ2) is 6.26. The number of carbonyl (C=O) groups excluding carboxylic acids is 2. The van der Waals surface area contributed by atoms with E-state index in [9.17, 15) is 18.4 Å². The van der Waals surface area contributed by atoms with Gasteiger partial charge in [-0.1, -0.05) is 12.1 Å². The van der Waals surface area contributed by atoms with E-state index in [2.05, 4.69) is 0 Å². The van der Waals surface area contributed by atoms with Crippen molar-refractivity contribution >= 4 is 33.2 Å². The quantitative estimate of drug-likeness (QED) is 0.531. The van der Waals surface area contributed by atoms with Crippen LogP contribution in [0.2, 0.25) is 0 Å². The van der Waals surface area contributed by atoms with Gasteiger partial charge in [-0.05, 0) is 41.8 Å². The summed E-state index contributed by atoms with van der Waals surface area (Å²) in [5.74, 6) is -2.09. The Labute approximate surface area is 134 Å². The SMILES string of the molecule is O=C(COC(=O)c1cc2cc(F)ccc2s1)c1cccc(F)c1. The van der Waals surface area contributed by atoms with Gasteiger partial charge in [0.25, 0.3) is 0 Å². The maximum Gasteiger partial charge on any atom is 0.348 e. The molecule has 0 unspecified atom stereocenters. The molecule has 1 aromatic heterocycles. The third-order valence-electron chi connectivity index (χ3n) is 3.16. The van der Waals surface area contributed by atoms with Crippen molar-refractivity contribution < 1.29 is 23.1 Å². The van der Waals surface area contributed by atoms with E-state index >= 15 is 0 Å². The van der Waals surface area contributed by atoms with Gasteiger partial charge in [0, 0.05) is 10.3 Å². The van der Waals surface area contributed by atoms with E-state index in [1.54, 1.807) is 6.07 Å². The van der Waals surface area contributed by atoms with E-state index in [0.29, 0.717) is 5.39 Å². The molecule has 3 aromatic rings. The number of Topliss-reactive ketones (excluding diaryl/α,β-unsaturated/α-hetero) is 1. The Bertz CT molecular complexity index is 902. The largest absolute Gasteiger partial charge is 0.453 e. The van der Waals surface area contributed by atoms with Gasteiger partial charge >= 0.3 is 5.97 Å². The molecule has 0 saturated carbocycles. The number of rotatable bonds is 4. The van der Waals surface area contributed by atoms with Crippen LogP contribution in [-0.4, -0.2) is 18.4 Å². The number of halogens is 2. The zero-order valence-electron chi connectivity index (χ0n) is 11.7. The van der Waals surface area contributed by atoms with Gasteiger partial charge in [-0.25, -0.2) is 13.6 Å². The van der Waals surface area contributed by atoms with Crippen molar-refractivity contribution in [2.24, 2.45) is 0 Å². The Morgan fingerprint density at radius 2 is 1.78 bits per heavy atom. The monoisotopic (exact) mass is 332 g/mol. The molecule has 2 aromatic carbocycles. The predicted octanol–water partition coefficient (Wildman–Crippen LogP) is 4.22. The molecule has 6 heteroatoms. The number of hydrogen-bond acceptors (Lipinski definition) is 4. The summed E-state index contributed by atoms with van der Waals surface area (Å²) < 4.78 is 31.9. The van der Waals surface area contributed by atoms with Crippen molar-refractivity contribution in [3.63, 3.8) is 0 Å². The summed E-state index contributed by atoms with van der Waals surface area (Å²) in [5, 5.41) is 0.596. The highest BCUT2D eigenvalue weighted by atomic mass is 32.1. The highest BCUT2D eigenvalue weighted by molar-refractivity contribution is 7.20. The third kappa shape index (κ3) is 3.43. The molecule has 0 aliphatic rings. The van der Waals surface area contributed by atoms with Crippen LogP contribution in [0.4, 0.5) is 8.78 Å². The van der Waals surface area contributed by atoms with Crippen molar-refractivity contribution in [3.8, 4) is 0 Å². The van der Waals surface area contributed by atoms with E-state index in [0.717, 1.165) is 22.1 Å². The number of benzene rings is 2. The van der Waals surface area contributed by atoms with Crippen LogP contribution in [-0.2, 0) is 4.74 Å². The number of ether oxygens (including phenoxy) is 1. The molecule has 0 radical (unpaired) electrons. The lowest BCUT2D eigenvalue weighted by Crippen LogP contribution is -2.13. The number of hydrogen-bond donors (Lipinski definition) is 0. The summed E-state index contributed by atoms with van der Waals surface area (Å²) in [4.78, 5) is 24.1. The molecule has 0 N–H and O–H groups in total. The zero-order valence-corrected chi connectivity index (χ0v) is 12.5.